The van der Waals surface area contributed by atoms with Gasteiger partial charge in [0, 0.05) is 64.2 Å². The van der Waals surface area contributed by atoms with Gasteiger partial charge in [0.25, 0.3) is 0 Å². The van der Waals surface area contributed by atoms with Gasteiger partial charge in [-0.1, -0.05) is 0 Å². The van der Waals surface area contributed by atoms with E-state index in [1.54, 1.807) is 0 Å². The van der Waals surface area contributed by atoms with Crippen molar-refractivity contribution < 1.29 is 14.3 Å². The fraction of sp³-hybridized carbons (Fsp3) is 0.522. The van der Waals surface area contributed by atoms with E-state index in [0.29, 0.717) is 19.0 Å². The van der Waals surface area contributed by atoms with Crippen molar-refractivity contribution in [2.24, 2.45) is 18.1 Å². The van der Waals surface area contributed by atoms with Crippen molar-refractivity contribution in [1.29, 1.82) is 0 Å². The van der Waals surface area contributed by atoms with E-state index in [2.05, 4.69) is 38.9 Å². The number of amides is 1. The molecule has 0 spiro atoms. The van der Waals surface area contributed by atoms with Crippen molar-refractivity contribution in [2.45, 2.75) is 44.8 Å². The maximum atomic E-state index is 11.6. The lowest BCUT2D eigenvalue weighted by Gasteiger charge is -2.32. The molecule has 5 rings (SSSR count). The first kappa shape index (κ1) is 20.1. The lowest BCUT2D eigenvalue weighted by molar-refractivity contribution is -0.119. The molecule has 2 saturated heterocycles. The molecule has 3 aliphatic rings. The smallest absolute Gasteiger partial charge is 0.220 e. The number of carbonyl (C=O) groups is 1. The molecule has 0 bridgehead atoms. The number of hydrogen-bond donors (Lipinski definition) is 1. The molecular weight excluding hydrogens is 394 g/mol. The maximum Gasteiger partial charge on any atom is 0.220 e. The van der Waals surface area contributed by atoms with Crippen LogP contribution in [0.15, 0.2) is 29.6 Å². The third-order valence-corrected chi connectivity index (χ3v) is 6.44. The lowest BCUT2D eigenvalue weighted by Crippen LogP contribution is -2.33. The third-order valence-electron chi connectivity index (χ3n) is 6.44. The number of ether oxygens (including phenoxy) is 2. The summed E-state index contributed by atoms with van der Waals surface area (Å²) >= 11 is 0. The number of hydrogen-bond acceptors (Lipinski definition) is 6. The van der Waals surface area contributed by atoms with E-state index >= 15 is 0 Å². The highest BCUT2D eigenvalue weighted by molar-refractivity contribution is 5.91. The van der Waals surface area contributed by atoms with Crippen LogP contribution in [0.4, 0.5) is 0 Å². The molecule has 0 unspecified atom stereocenters. The average Bonchev–Trinajstić information content (AvgIpc) is 3.39. The van der Waals surface area contributed by atoms with Crippen LogP contribution in [0.1, 0.15) is 38.2 Å². The molecule has 2 aromatic rings. The van der Waals surface area contributed by atoms with Crippen LogP contribution < -0.4 is 10.1 Å². The van der Waals surface area contributed by atoms with E-state index in [-0.39, 0.29) is 17.9 Å². The number of benzene rings is 1. The molecule has 0 radical (unpaired) electrons. The first-order valence-corrected chi connectivity index (χ1v) is 11.1. The Kier molecular flexibility index (Phi) is 5.40. The van der Waals surface area contributed by atoms with Crippen LogP contribution >= 0.6 is 0 Å². The van der Waals surface area contributed by atoms with Crippen LogP contribution in [0.5, 0.6) is 5.75 Å². The summed E-state index contributed by atoms with van der Waals surface area (Å²) in [6.45, 7) is 4.28. The van der Waals surface area contributed by atoms with Gasteiger partial charge < -0.3 is 14.8 Å². The van der Waals surface area contributed by atoms with Crippen molar-refractivity contribution in [1.82, 2.24) is 20.1 Å². The lowest BCUT2D eigenvalue weighted by atomic mass is 10.00. The Morgan fingerprint density at radius 3 is 2.90 bits per heavy atom. The summed E-state index contributed by atoms with van der Waals surface area (Å²) in [6, 6.07) is 4.61. The molecule has 164 valence electrons. The number of fused-ring (bicyclic) bond motifs is 1. The fourth-order valence-electron chi connectivity index (χ4n) is 4.57. The van der Waals surface area contributed by atoms with Gasteiger partial charge in [-0.2, -0.15) is 10.2 Å². The summed E-state index contributed by atoms with van der Waals surface area (Å²) in [7, 11) is 1.92. The SMILES string of the molecule is C[C@@H](Oc1cc(C2=CN(C3CCOCC3)N=CC2)cc2nn(C)cc12)[C@H]1CNC(=O)C1. The van der Waals surface area contributed by atoms with Crippen molar-refractivity contribution in [2.75, 3.05) is 19.8 Å². The van der Waals surface area contributed by atoms with Gasteiger partial charge >= 0.3 is 0 Å². The summed E-state index contributed by atoms with van der Waals surface area (Å²) in [6.07, 6.45) is 9.31. The zero-order valence-corrected chi connectivity index (χ0v) is 18.1. The minimum atomic E-state index is -0.0711. The highest BCUT2D eigenvalue weighted by Gasteiger charge is 2.29. The van der Waals surface area contributed by atoms with Gasteiger partial charge in [-0.25, -0.2) is 0 Å². The largest absolute Gasteiger partial charge is 0.490 e. The second-order valence-corrected chi connectivity index (χ2v) is 8.68. The molecule has 0 aliphatic carbocycles. The molecule has 2 fully saturated rings. The van der Waals surface area contributed by atoms with E-state index in [1.165, 1.54) is 5.57 Å². The number of nitrogens with zero attached hydrogens (tertiary/aromatic N) is 4. The van der Waals surface area contributed by atoms with Crippen molar-refractivity contribution in [3.63, 3.8) is 0 Å². The van der Waals surface area contributed by atoms with Gasteiger partial charge in [0.2, 0.25) is 5.91 Å². The topological polar surface area (TPSA) is 81.0 Å². The Balaban J connectivity index is 1.45. The quantitative estimate of drug-likeness (QED) is 0.800. The van der Waals surface area contributed by atoms with E-state index in [4.69, 9.17) is 9.47 Å². The molecule has 8 heteroatoms. The predicted molar refractivity (Wildman–Crippen MR) is 119 cm³/mol. The summed E-state index contributed by atoms with van der Waals surface area (Å²) in [5.74, 6) is 1.09. The van der Waals surface area contributed by atoms with Gasteiger partial charge in [0.05, 0.1) is 16.9 Å². The van der Waals surface area contributed by atoms with Crippen LogP contribution in [-0.4, -0.2) is 58.8 Å². The highest BCUT2D eigenvalue weighted by Crippen LogP contribution is 2.34. The molecular formula is C23H29N5O3. The van der Waals surface area contributed by atoms with Crippen LogP contribution in [0.25, 0.3) is 16.5 Å². The van der Waals surface area contributed by atoms with Crippen LogP contribution in [0.3, 0.4) is 0 Å². The minimum Gasteiger partial charge on any atom is -0.490 e. The summed E-state index contributed by atoms with van der Waals surface area (Å²) in [5.41, 5.74) is 3.20. The maximum absolute atomic E-state index is 11.6. The number of nitrogens with one attached hydrogen (secondary N) is 1. The number of aromatic nitrogens is 2. The average molecular weight is 424 g/mol. The Hall–Kier alpha value is -2.87. The van der Waals surface area contributed by atoms with Gasteiger partial charge in [-0.3, -0.25) is 14.5 Å². The normalized spacial score (nSPS) is 23.2. The molecule has 0 saturated carbocycles. The van der Waals surface area contributed by atoms with Crippen molar-refractivity contribution >= 4 is 28.6 Å². The van der Waals surface area contributed by atoms with Crippen LogP contribution in [0, 0.1) is 5.92 Å². The first-order chi connectivity index (χ1) is 15.1. The Bertz CT molecular complexity index is 1040. The minimum absolute atomic E-state index is 0.0711. The third kappa shape index (κ3) is 4.17. The standard InChI is InChI=1S/C23H29N5O3/c1-15(18-11-23(29)24-12-18)31-22-10-17(9-21-20(22)14-27(2)26-21)16-3-6-25-28(13-16)19-4-7-30-8-5-19/h6,9-10,13-15,18-19H,3-5,7-8,11-12H2,1-2H3,(H,24,29)/t15-,18-/m1/s1. The number of aryl methyl sites for hydroxylation is 1. The summed E-state index contributed by atoms with van der Waals surface area (Å²) < 4.78 is 13.7. The number of rotatable bonds is 5. The number of hydrazone groups is 1. The van der Waals surface area contributed by atoms with Gasteiger partial charge in [0.15, 0.2) is 0 Å². The summed E-state index contributed by atoms with van der Waals surface area (Å²) in [5, 5.41) is 15.2. The van der Waals surface area contributed by atoms with Gasteiger partial charge in [0.1, 0.15) is 11.9 Å². The molecule has 31 heavy (non-hydrogen) atoms. The molecule has 3 aliphatic heterocycles. The van der Waals surface area contributed by atoms with Crippen molar-refractivity contribution in [3.05, 3.63) is 30.1 Å². The van der Waals surface area contributed by atoms with E-state index < -0.39 is 0 Å². The van der Waals surface area contributed by atoms with E-state index in [1.807, 2.05) is 31.1 Å². The zero-order chi connectivity index (χ0) is 21.4. The van der Waals surface area contributed by atoms with E-state index in [0.717, 1.165) is 54.7 Å². The second kappa shape index (κ2) is 8.34. The Labute approximate surface area is 181 Å². The molecule has 1 aromatic carbocycles. The Morgan fingerprint density at radius 2 is 2.13 bits per heavy atom. The molecule has 2 atom stereocenters. The van der Waals surface area contributed by atoms with Crippen molar-refractivity contribution in [3.8, 4) is 5.75 Å². The van der Waals surface area contributed by atoms with Crippen LogP contribution in [-0.2, 0) is 16.6 Å². The zero-order valence-electron chi connectivity index (χ0n) is 18.1. The second-order valence-electron chi connectivity index (χ2n) is 8.68. The Morgan fingerprint density at radius 1 is 1.29 bits per heavy atom. The molecule has 4 heterocycles. The molecule has 8 nitrogen and oxygen atoms in total. The highest BCUT2D eigenvalue weighted by atomic mass is 16.5. The number of allylic oxidation sites excluding steroid dienone is 1. The molecule has 1 amide bonds. The van der Waals surface area contributed by atoms with Gasteiger partial charge in [-0.15, -0.1) is 0 Å². The van der Waals surface area contributed by atoms with E-state index in [9.17, 15) is 4.79 Å². The molecule has 1 N–H and O–H groups in total. The van der Waals surface area contributed by atoms with Gasteiger partial charge in [-0.05, 0) is 43.0 Å². The number of carbonyl (C=O) groups excluding carboxylic acids is 1. The van der Waals surface area contributed by atoms with Crippen LogP contribution in [0.2, 0.25) is 0 Å². The predicted octanol–water partition coefficient (Wildman–Crippen LogP) is 2.69. The first-order valence-electron chi connectivity index (χ1n) is 11.1. The molecule has 1 aromatic heterocycles. The summed E-state index contributed by atoms with van der Waals surface area (Å²) in [4.78, 5) is 11.6. The monoisotopic (exact) mass is 423 g/mol. The fourth-order valence-corrected chi connectivity index (χ4v) is 4.57.